The van der Waals surface area contributed by atoms with E-state index in [2.05, 4.69) is 123 Å². The van der Waals surface area contributed by atoms with Crippen molar-refractivity contribution in [2.24, 2.45) is 4.99 Å². The summed E-state index contributed by atoms with van der Waals surface area (Å²) in [6.45, 7) is 4.22. The van der Waals surface area contributed by atoms with Gasteiger partial charge in [-0.15, -0.1) is 0 Å². The van der Waals surface area contributed by atoms with Crippen LogP contribution in [0.5, 0.6) is 0 Å². The van der Waals surface area contributed by atoms with Crippen molar-refractivity contribution in [1.82, 2.24) is 4.98 Å². The van der Waals surface area contributed by atoms with Gasteiger partial charge in [-0.25, -0.2) is 4.98 Å². The van der Waals surface area contributed by atoms with Crippen LogP contribution in [0, 0.1) is 0 Å². The molecule has 0 atom stereocenters. The van der Waals surface area contributed by atoms with E-state index in [1.807, 2.05) is 6.07 Å². The lowest BCUT2D eigenvalue weighted by atomic mass is 10.1. The number of aryl methyl sites for hydroxylation is 1. The zero-order valence-corrected chi connectivity index (χ0v) is 20.4. The van der Waals surface area contributed by atoms with E-state index >= 15 is 0 Å². The summed E-state index contributed by atoms with van der Waals surface area (Å²) < 4.78 is 0. The van der Waals surface area contributed by atoms with Gasteiger partial charge in [-0.2, -0.15) is 0 Å². The first kappa shape index (κ1) is 22.2. The Balaban J connectivity index is 1.66. The van der Waals surface area contributed by atoms with Gasteiger partial charge in [-0.05, 0) is 49.6 Å². The highest BCUT2D eigenvalue weighted by Gasteiger charge is 2.19. The molecule has 0 amide bonds. The Bertz CT molecular complexity index is 1400. The molecule has 1 aromatic heterocycles. The molecule has 5 rings (SSSR count). The Hall–Kier alpha value is -3.61. The van der Waals surface area contributed by atoms with Crippen LogP contribution in [-0.4, -0.2) is 10.7 Å². The lowest BCUT2D eigenvalue weighted by molar-refractivity contribution is 1.13. The Morgan fingerprint density at radius 2 is 1.35 bits per heavy atom. The van der Waals surface area contributed by atoms with E-state index in [1.165, 1.54) is 21.5 Å². The Kier molecular flexibility index (Phi) is 6.60. The molecular weight excluding hydrogens is 431 g/mol. The minimum atomic E-state index is -0.736. The maximum atomic E-state index is 5.18. The number of hydrogen-bond acceptors (Lipinski definition) is 2. The number of rotatable bonds is 6. The molecule has 2 nitrogen and oxygen atoms in total. The first-order valence-electron chi connectivity index (χ1n) is 11.7. The summed E-state index contributed by atoms with van der Waals surface area (Å²) >= 11 is 0. The predicted molar refractivity (Wildman–Crippen MR) is 148 cm³/mol. The highest BCUT2D eigenvalue weighted by atomic mass is 31.1. The second kappa shape index (κ2) is 10.1. The molecule has 0 saturated heterocycles. The maximum Gasteiger partial charge on any atom is 0.0849 e. The fourth-order valence-corrected chi connectivity index (χ4v) is 6.67. The number of para-hydroxylation sites is 2. The molecule has 1 heterocycles. The summed E-state index contributed by atoms with van der Waals surface area (Å²) in [7, 11) is -0.736. The molecule has 0 aliphatic heterocycles. The van der Waals surface area contributed by atoms with E-state index in [1.54, 1.807) is 0 Å². The van der Waals surface area contributed by atoms with Crippen LogP contribution in [0.4, 0.5) is 5.69 Å². The van der Waals surface area contributed by atoms with Crippen LogP contribution in [0.2, 0.25) is 0 Å². The zero-order valence-electron chi connectivity index (χ0n) is 19.5. The lowest BCUT2D eigenvalue weighted by Crippen LogP contribution is -2.22. The molecule has 0 N–H and O–H groups in total. The fraction of sp³-hybridized carbons (Fsp3) is 0.0968. The smallest absolute Gasteiger partial charge is 0.0849 e. The van der Waals surface area contributed by atoms with E-state index in [4.69, 9.17) is 9.98 Å². The molecule has 0 saturated carbocycles. The number of aliphatic imine (C=N–C) groups is 1. The average molecular weight is 459 g/mol. The highest BCUT2D eigenvalue weighted by Crippen LogP contribution is 2.35. The van der Waals surface area contributed by atoms with Gasteiger partial charge in [-0.3, -0.25) is 4.99 Å². The van der Waals surface area contributed by atoms with Gasteiger partial charge in [0.25, 0.3) is 0 Å². The van der Waals surface area contributed by atoms with Gasteiger partial charge >= 0.3 is 0 Å². The molecule has 0 unspecified atom stereocenters. The van der Waals surface area contributed by atoms with Crippen molar-refractivity contribution in [3.8, 4) is 0 Å². The normalized spacial score (nSPS) is 11.8. The molecule has 0 aliphatic rings. The van der Waals surface area contributed by atoms with Crippen molar-refractivity contribution in [1.29, 1.82) is 0 Å². The van der Waals surface area contributed by atoms with E-state index in [9.17, 15) is 0 Å². The largest absolute Gasteiger partial charge is 0.251 e. The molecule has 0 aliphatic carbocycles. The van der Waals surface area contributed by atoms with Crippen LogP contribution in [0.3, 0.4) is 0 Å². The molecule has 4 aromatic carbocycles. The zero-order chi connectivity index (χ0) is 23.3. The minimum Gasteiger partial charge on any atom is -0.251 e. The quantitative estimate of drug-likeness (QED) is 0.205. The van der Waals surface area contributed by atoms with Crippen LogP contribution in [0.15, 0.2) is 120 Å². The third-order valence-corrected chi connectivity index (χ3v) is 8.47. The SMILES string of the molecule is CCc1ccccc1N=C(C)c1ccc2cccc(P(c3ccccc3)c3ccccc3)c2n1. The number of fused-ring (bicyclic) bond motifs is 1. The Morgan fingerprint density at radius 3 is 2.03 bits per heavy atom. The first-order chi connectivity index (χ1) is 16.7. The van der Waals surface area contributed by atoms with Gasteiger partial charge in [0.2, 0.25) is 0 Å². The van der Waals surface area contributed by atoms with Crippen molar-refractivity contribution >= 4 is 46.1 Å². The van der Waals surface area contributed by atoms with Gasteiger partial charge in [-0.1, -0.05) is 110 Å². The van der Waals surface area contributed by atoms with Gasteiger partial charge in [0, 0.05) is 10.7 Å². The summed E-state index contributed by atoms with van der Waals surface area (Å²) in [6, 6.07) is 40.7. The monoisotopic (exact) mass is 458 g/mol. The average Bonchev–Trinajstić information content (AvgIpc) is 2.90. The minimum absolute atomic E-state index is 0.736. The van der Waals surface area contributed by atoms with Crippen molar-refractivity contribution in [2.45, 2.75) is 20.3 Å². The molecular formula is C31H27N2P. The van der Waals surface area contributed by atoms with Gasteiger partial charge in [0.1, 0.15) is 0 Å². The third kappa shape index (κ3) is 4.55. The van der Waals surface area contributed by atoms with Gasteiger partial charge in [0.05, 0.1) is 22.6 Å². The Morgan fingerprint density at radius 1 is 0.706 bits per heavy atom. The van der Waals surface area contributed by atoms with Crippen LogP contribution < -0.4 is 15.9 Å². The van der Waals surface area contributed by atoms with Crippen LogP contribution >= 0.6 is 7.92 Å². The molecule has 3 heteroatoms. The van der Waals surface area contributed by atoms with Crippen molar-refractivity contribution in [3.05, 3.63) is 127 Å². The van der Waals surface area contributed by atoms with Crippen LogP contribution in [0.1, 0.15) is 25.1 Å². The second-order valence-electron chi connectivity index (χ2n) is 8.23. The van der Waals surface area contributed by atoms with E-state index in [-0.39, 0.29) is 0 Å². The van der Waals surface area contributed by atoms with E-state index in [0.717, 1.165) is 34.4 Å². The molecule has 0 radical (unpaired) electrons. The van der Waals surface area contributed by atoms with Crippen molar-refractivity contribution in [3.63, 3.8) is 0 Å². The molecule has 0 spiro atoms. The van der Waals surface area contributed by atoms with Crippen LogP contribution in [-0.2, 0) is 6.42 Å². The van der Waals surface area contributed by atoms with Gasteiger partial charge < -0.3 is 0 Å². The molecule has 5 aromatic rings. The summed E-state index contributed by atoms with van der Waals surface area (Å²) in [5, 5.41) is 5.08. The summed E-state index contributed by atoms with van der Waals surface area (Å²) in [5.41, 5.74) is 5.17. The van der Waals surface area contributed by atoms with Gasteiger partial charge in [0.15, 0.2) is 0 Å². The number of nitrogens with zero attached hydrogens (tertiary/aromatic N) is 2. The molecule has 34 heavy (non-hydrogen) atoms. The third-order valence-electron chi connectivity index (χ3n) is 6.00. The highest BCUT2D eigenvalue weighted by molar-refractivity contribution is 7.80. The molecule has 0 fully saturated rings. The Labute approximate surface area is 202 Å². The maximum absolute atomic E-state index is 5.18. The number of pyridine rings is 1. The van der Waals surface area contributed by atoms with Crippen molar-refractivity contribution in [2.75, 3.05) is 0 Å². The standard InChI is InChI=1S/C31H27N2P/c1-3-24-13-10-11-19-29(24)32-23(2)28-22-21-25-14-12-20-30(31(25)33-28)34(26-15-6-4-7-16-26)27-17-8-5-9-18-27/h4-22H,3H2,1-2H3. The molecule has 0 bridgehead atoms. The molecule has 166 valence electrons. The topological polar surface area (TPSA) is 25.2 Å². The van der Waals surface area contributed by atoms with Crippen molar-refractivity contribution < 1.29 is 0 Å². The number of hydrogen-bond donors (Lipinski definition) is 0. The number of aromatic nitrogens is 1. The summed E-state index contributed by atoms with van der Waals surface area (Å²) in [6.07, 6.45) is 0.959. The number of benzene rings is 4. The summed E-state index contributed by atoms with van der Waals surface area (Å²) in [4.78, 5) is 10.1. The van der Waals surface area contributed by atoms with E-state index in [0.29, 0.717) is 0 Å². The first-order valence-corrected chi connectivity index (χ1v) is 13.0. The summed E-state index contributed by atoms with van der Waals surface area (Å²) in [5.74, 6) is 0. The predicted octanol–water partition coefficient (Wildman–Crippen LogP) is 6.70. The fourth-order valence-electron chi connectivity index (χ4n) is 4.25. The van der Waals surface area contributed by atoms with Crippen LogP contribution in [0.25, 0.3) is 10.9 Å². The lowest BCUT2D eigenvalue weighted by Gasteiger charge is -2.21. The van der Waals surface area contributed by atoms with E-state index < -0.39 is 7.92 Å². The second-order valence-corrected chi connectivity index (χ2v) is 10.4.